The molecule has 0 bridgehead atoms. The van der Waals surface area contributed by atoms with Gasteiger partial charge in [-0.15, -0.1) is 5.92 Å². The summed E-state index contributed by atoms with van der Waals surface area (Å²) in [6.07, 6.45) is 1.79. The maximum Gasteiger partial charge on any atom is 0.226 e. The van der Waals surface area contributed by atoms with Crippen LogP contribution >= 0.6 is 0 Å². The molecule has 1 aromatic heterocycles. The quantitative estimate of drug-likeness (QED) is 0.696. The Bertz CT molecular complexity index is 387. The number of anilines is 1. The highest BCUT2D eigenvalue weighted by Crippen LogP contribution is 2.01. The third-order valence-corrected chi connectivity index (χ3v) is 1.74. The van der Waals surface area contributed by atoms with Crippen LogP contribution in [-0.4, -0.2) is 17.4 Å². The van der Waals surface area contributed by atoms with Crippen molar-refractivity contribution in [2.24, 2.45) is 0 Å². The summed E-state index contributed by atoms with van der Waals surface area (Å²) in [7, 11) is 0. The molecule has 15 heavy (non-hydrogen) atoms. The van der Waals surface area contributed by atoms with Gasteiger partial charge < -0.3 is 11.1 Å². The number of carbonyl (C=O) groups excluding carboxylic acids is 1. The van der Waals surface area contributed by atoms with E-state index in [0.717, 1.165) is 0 Å². The molecule has 0 aliphatic carbocycles. The fourth-order valence-corrected chi connectivity index (χ4v) is 0.999. The fraction of sp³-hybridized carbons (Fsp3) is 0.273. The first-order chi connectivity index (χ1) is 7.22. The second-order valence-electron chi connectivity index (χ2n) is 2.96. The Morgan fingerprint density at radius 2 is 2.40 bits per heavy atom. The van der Waals surface area contributed by atoms with Gasteiger partial charge in [-0.05, 0) is 19.1 Å². The summed E-state index contributed by atoms with van der Waals surface area (Å²) >= 11 is 0. The van der Waals surface area contributed by atoms with E-state index in [0.29, 0.717) is 17.9 Å². The molecule has 0 fully saturated rings. The lowest BCUT2D eigenvalue weighted by atomic mass is 10.2. The van der Waals surface area contributed by atoms with Gasteiger partial charge in [0.2, 0.25) is 5.91 Å². The summed E-state index contributed by atoms with van der Waals surface area (Å²) < 4.78 is 0. The normalized spacial score (nSPS) is 8.87. The molecule has 1 aromatic rings. The Labute approximate surface area is 88.9 Å². The van der Waals surface area contributed by atoms with Crippen LogP contribution in [0.4, 0.5) is 5.69 Å². The van der Waals surface area contributed by atoms with E-state index in [4.69, 9.17) is 5.73 Å². The highest BCUT2D eigenvalue weighted by Gasteiger charge is 2.02. The molecule has 0 aliphatic heterocycles. The first kappa shape index (κ1) is 11.1. The van der Waals surface area contributed by atoms with Gasteiger partial charge >= 0.3 is 0 Å². The van der Waals surface area contributed by atoms with Gasteiger partial charge in [-0.2, -0.15) is 0 Å². The molecule has 0 radical (unpaired) electrons. The number of nitrogens with one attached hydrogen (secondary N) is 1. The van der Waals surface area contributed by atoms with Crippen molar-refractivity contribution in [3.05, 3.63) is 24.0 Å². The van der Waals surface area contributed by atoms with Crippen LogP contribution in [0.5, 0.6) is 0 Å². The molecule has 3 N–H and O–H groups in total. The lowest BCUT2D eigenvalue weighted by molar-refractivity contribution is -0.120. The predicted octanol–water partition coefficient (Wildman–Crippen LogP) is 0.346. The highest BCUT2D eigenvalue weighted by molar-refractivity contribution is 5.78. The molecule has 1 rings (SSSR count). The summed E-state index contributed by atoms with van der Waals surface area (Å²) in [5.41, 5.74) is 6.77. The second-order valence-corrected chi connectivity index (χ2v) is 2.96. The SMILES string of the molecule is CC#CCNC(=O)Cc1ccc(N)cn1. The number of nitrogen functional groups attached to an aromatic ring is 1. The minimum atomic E-state index is -0.0879. The maximum absolute atomic E-state index is 11.3. The number of rotatable bonds is 3. The number of nitrogens with zero attached hydrogens (tertiary/aromatic N) is 1. The van der Waals surface area contributed by atoms with Crippen molar-refractivity contribution >= 4 is 11.6 Å². The van der Waals surface area contributed by atoms with E-state index in [9.17, 15) is 4.79 Å². The Kier molecular flexibility index (Phi) is 4.17. The maximum atomic E-state index is 11.3. The van der Waals surface area contributed by atoms with Crippen molar-refractivity contribution < 1.29 is 4.79 Å². The van der Waals surface area contributed by atoms with Crippen molar-refractivity contribution in [2.45, 2.75) is 13.3 Å². The lowest BCUT2D eigenvalue weighted by Gasteiger charge is -2.01. The number of carbonyl (C=O) groups is 1. The number of amides is 1. The summed E-state index contributed by atoms with van der Waals surface area (Å²) in [5, 5.41) is 2.66. The van der Waals surface area contributed by atoms with Gasteiger partial charge in [-0.25, -0.2) is 0 Å². The molecule has 0 atom stereocenters. The highest BCUT2D eigenvalue weighted by atomic mass is 16.1. The van der Waals surface area contributed by atoms with E-state index in [1.165, 1.54) is 6.20 Å². The van der Waals surface area contributed by atoms with E-state index in [1.54, 1.807) is 19.1 Å². The van der Waals surface area contributed by atoms with Crippen molar-refractivity contribution in [3.8, 4) is 11.8 Å². The number of hydrogen-bond acceptors (Lipinski definition) is 3. The van der Waals surface area contributed by atoms with Crippen LogP contribution in [0.15, 0.2) is 18.3 Å². The molecular weight excluding hydrogens is 190 g/mol. The topological polar surface area (TPSA) is 68.0 Å². The largest absolute Gasteiger partial charge is 0.397 e. The molecule has 78 valence electrons. The van der Waals surface area contributed by atoms with Crippen molar-refractivity contribution in [2.75, 3.05) is 12.3 Å². The van der Waals surface area contributed by atoms with Gasteiger partial charge in [0.25, 0.3) is 0 Å². The van der Waals surface area contributed by atoms with Crippen LogP contribution in [0.2, 0.25) is 0 Å². The molecule has 0 unspecified atom stereocenters. The average Bonchev–Trinajstić information content (AvgIpc) is 2.22. The Morgan fingerprint density at radius 1 is 1.60 bits per heavy atom. The monoisotopic (exact) mass is 203 g/mol. The number of hydrogen-bond donors (Lipinski definition) is 2. The van der Waals surface area contributed by atoms with Gasteiger partial charge in [0.1, 0.15) is 0 Å². The molecule has 0 aromatic carbocycles. The molecule has 1 amide bonds. The van der Waals surface area contributed by atoms with Crippen LogP contribution in [0, 0.1) is 11.8 Å². The van der Waals surface area contributed by atoms with Gasteiger partial charge in [0, 0.05) is 5.69 Å². The van der Waals surface area contributed by atoms with Gasteiger partial charge in [0.05, 0.1) is 24.8 Å². The van der Waals surface area contributed by atoms with E-state index in [2.05, 4.69) is 22.1 Å². The third-order valence-electron chi connectivity index (χ3n) is 1.74. The van der Waals surface area contributed by atoms with Gasteiger partial charge in [-0.1, -0.05) is 5.92 Å². The zero-order chi connectivity index (χ0) is 11.1. The summed E-state index contributed by atoms with van der Waals surface area (Å²) in [6.45, 7) is 2.11. The Hall–Kier alpha value is -2.02. The van der Waals surface area contributed by atoms with E-state index in [1.807, 2.05) is 0 Å². The van der Waals surface area contributed by atoms with Crippen LogP contribution in [0.25, 0.3) is 0 Å². The van der Waals surface area contributed by atoms with Crippen LogP contribution in [0.3, 0.4) is 0 Å². The molecule has 0 aliphatic rings. The number of nitrogens with two attached hydrogens (primary N) is 1. The van der Waals surface area contributed by atoms with Crippen LogP contribution < -0.4 is 11.1 Å². The molecule has 4 nitrogen and oxygen atoms in total. The minimum Gasteiger partial charge on any atom is -0.397 e. The van der Waals surface area contributed by atoms with Crippen molar-refractivity contribution in [1.82, 2.24) is 10.3 Å². The summed E-state index contributed by atoms with van der Waals surface area (Å²) in [6, 6.07) is 3.46. The standard InChI is InChI=1S/C11H13N3O/c1-2-3-6-13-11(15)7-10-5-4-9(12)8-14-10/h4-5,8H,6-7,12H2,1H3,(H,13,15). The summed E-state index contributed by atoms with van der Waals surface area (Å²) in [5.74, 6) is 5.36. The zero-order valence-corrected chi connectivity index (χ0v) is 8.58. The van der Waals surface area contributed by atoms with Gasteiger partial charge in [-0.3, -0.25) is 9.78 Å². The van der Waals surface area contributed by atoms with Gasteiger partial charge in [0.15, 0.2) is 0 Å². The Balaban J connectivity index is 2.43. The molecule has 4 heteroatoms. The molecular formula is C11H13N3O. The molecule has 0 saturated carbocycles. The lowest BCUT2D eigenvalue weighted by Crippen LogP contribution is -2.25. The third kappa shape index (κ3) is 4.14. The number of aromatic nitrogens is 1. The Morgan fingerprint density at radius 3 is 3.00 bits per heavy atom. The van der Waals surface area contributed by atoms with E-state index < -0.39 is 0 Å². The average molecular weight is 203 g/mol. The van der Waals surface area contributed by atoms with E-state index >= 15 is 0 Å². The molecule has 1 heterocycles. The predicted molar refractivity (Wildman–Crippen MR) is 58.8 cm³/mol. The fourth-order valence-electron chi connectivity index (χ4n) is 0.999. The van der Waals surface area contributed by atoms with Crippen LogP contribution in [0.1, 0.15) is 12.6 Å². The van der Waals surface area contributed by atoms with E-state index in [-0.39, 0.29) is 12.3 Å². The second kappa shape index (κ2) is 5.66. The first-order valence-corrected chi connectivity index (χ1v) is 4.59. The van der Waals surface area contributed by atoms with Crippen molar-refractivity contribution in [1.29, 1.82) is 0 Å². The smallest absolute Gasteiger partial charge is 0.226 e. The van der Waals surface area contributed by atoms with Crippen molar-refractivity contribution in [3.63, 3.8) is 0 Å². The summed E-state index contributed by atoms with van der Waals surface area (Å²) in [4.78, 5) is 15.3. The minimum absolute atomic E-state index is 0.0879. The molecule has 0 spiro atoms. The zero-order valence-electron chi connectivity index (χ0n) is 8.58. The number of pyridine rings is 1. The molecule has 0 saturated heterocycles. The first-order valence-electron chi connectivity index (χ1n) is 4.59. The van der Waals surface area contributed by atoms with Crippen LogP contribution in [-0.2, 0) is 11.2 Å².